The lowest BCUT2D eigenvalue weighted by Gasteiger charge is -2.11. The zero-order chi connectivity index (χ0) is 21.7. The summed E-state index contributed by atoms with van der Waals surface area (Å²) in [5.74, 6) is 1.56. The fourth-order valence-corrected chi connectivity index (χ4v) is 3.97. The molecule has 1 amide bonds. The van der Waals surface area contributed by atoms with Gasteiger partial charge in [-0.2, -0.15) is 0 Å². The van der Waals surface area contributed by atoms with Gasteiger partial charge in [0.25, 0.3) is 0 Å². The fourth-order valence-electron chi connectivity index (χ4n) is 2.85. The second-order valence-corrected chi connectivity index (χ2v) is 8.42. The first kappa shape index (κ1) is 22.5. The van der Waals surface area contributed by atoms with Crippen molar-refractivity contribution in [1.82, 2.24) is 14.8 Å². The molecule has 1 heterocycles. The van der Waals surface area contributed by atoms with Crippen molar-refractivity contribution in [2.45, 2.75) is 39.1 Å². The average Bonchev–Trinajstić information content (AvgIpc) is 3.10. The number of hydrogen-bond acceptors (Lipinski definition) is 5. The number of aryl methyl sites for hydroxylation is 2. The third kappa shape index (κ3) is 5.68. The summed E-state index contributed by atoms with van der Waals surface area (Å²) in [6, 6.07) is 11.0. The van der Waals surface area contributed by atoms with Crippen LogP contribution in [0.15, 0.2) is 41.6 Å². The highest BCUT2D eigenvalue weighted by molar-refractivity contribution is 7.99. The molecule has 0 spiro atoms. The highest BCUT2D eigenvalue weighted by Gasteiger charge is 2.14. The Morgan fingerprint density at radius 3 is 2.63 bits per heavy atom. The molecule has 1 N–H and O–H groups in total. The van der Waals surface area contributed by atoms with E-state index in [4.69, 9.17) is 27.9 Å². The second kappa shape index (κ2) is 10.2. The van der Waals surface area contributed by atoms with E-state index in [1.165, 1.54) is 17.3 Å². The number of ether oxygens (including phenoxy) is 1. The van der Waals surface area contributed by atoms with Gasteiger partial charge in [0.1, 0.15) is 12.4 Å². The lowest BCUT2D eigenvalue weighted by Crippen LogP contribution is -2.15. The van der Waals surface area contributed by atoms with E-state index in [0.29, 0.717) is 39.9 Å². The summed E-state index contributed by atoms with van der Waals surface area (Å²) in [5.41, 5.74) is 2.86. The van der Waals surface area contributed by atoms with Gasteiger partial charge in [-0.25, -0.2) is 0 Å². The van der Waals surface area contributed by atoms with Crippen molar-refractivity contribution in [3.8, 4) is 5.75 Å². The largest absolute Gasteiger partial charge is 0.485 e. The van der Waals surface area contributed by atoms with Gasteiger partial charge in [-0.05, 0) is 50.6 Å². The number of nitrogens with one attached hydrogen (secondary N) is 1. The first-order valence-electron chi connectivity index (χ1n) is 9.37. The van der Waals surface area contributed by atoms with Gasteiger partial charge < -0.3 is 14.6 Å². The molecule has 0 aliphatic rings. The maximum Gasteiger partial charge on any atom is 0.234 e. The number of benzene rings is 2. The monoisotopic (exact) mass is 464 g/mol. The van der Waals surface area contributed by atoms with Gasteiger partial charge >= 0.3 is 0 Å². The number of aromatic nitrogens is 3. The van der Waals surface area contributed by atoms with Gasteiger partial charge in [0.2, 0.25) is 5.91 Å². The molecule has 3 rings (SSSR count). The molecule has 0 aliphatic heterocycles. The molecule has 0 unspecified atom stereocenters. The Hall–Kier alpha value is -2.22. The Morgan fingerprint density at radius 1 is 1.13 bits per heavy atom. The van der Waals surface area contributed by atoms with Crippen LogP contribution in [0, 0.1) is 13.8 Å². The third-order valence-corrected chi connectivity index (χ3v) is 6.04. The summed E-state index contributed by atoms with van der Waals surface area (Å²) in [6.07, 6.45) is 0. The van der Waals surface area contributed by atoms with Crippen molar-refractivity contribution in [1.29, 1.82) is 0 Å². The Labute approximate surface area is 189 Å². The van der Waals surface area contributed by atoms with E-state index < -0.39 is 0 Å². The molecule has 0 fully saturated rings. The minimum atomic E-state index is -0.169. The summed E-state index contributed by atoms with van der Waals surface area (Å²) in [7, 11) is 0. The molecule has 1 aromatic heterocycles. The van der Waals surface area contributed by atoms with E-state index >= 15 is 0 Å². The molecule has 0 saturated carbocycles. The van der Waals surface area contributed by atoms with Crippen LogP contribution in [0.3, 0.4) is 0 Å². The summed E-state index contributed by atoms with van der Waals surface area (Å²) < 4.78 is 7.87. The average molecular weight is 465 g/mol. The van der Waals surface area contributed by atoms with E-state index in [0.717, 1.165) is 11.3 Å². The predicted molar refractivity (Wildman–Crippen MR) is 122 cm³/mol. The van der Waals surface area contributed by atoms with Gasteiger partial charge in [0.05, 0.1) is 15.8 Å². The minimum absolute atomic E-state index is 0.169. The van der Waals surface area contributed by atoms with Crippen molar-refractivity contribution in [3.05, 3.63) is 63.4 Å². The topological polar surface area (TPSA) is 69.0 Å². The number of carbonyl (C=O) groups excluding carboxylic acids is 1. The number of amides is 1. The zero-order valence-electron chi connectivity index (χ0n) is 16.9. The van der Waals surface area contributed by atoms with E-state index in [1.54, 1.807) is 18.2 Å². The van der Waals surface area contributed by atoms with E-state index in [-0.39, 0.29) is 11.7 Å². The lowest BCUT2D eigenvalue weighted by atomic mass is 10.1. The Kier molecular flexibility index (Phi) is 7.64. The van der Waals surface area contributed by atoms with Crippen LogP contribution in [0.5, 0.6) is 5.75 Å². The SMILES string of the molecule is CCn1c(COc2ccc(C)cc2C)nnc1SCC(=O)Nc1ccc(Cl)c(Cl)c1. The number of halogens is 2. The standard InChI is InChI=1S/C21H22Cl2N4O2S/c1-4-27-19(11-29-18-8-5-13(2)9-14(18)3)25-26-21(27)30-12-20(28)24-15-6-7-16(22)17(23)10-15/h5-10H,4,11-12H2,1-3H3,(H,24,28). The van der Waals surface area contributed by atoms with E-state index in [9.17, 15) is 4.79 Å². The molecule has 0 radical (unpaired) electrons. The number of thioether (sulfide) groups is 1. The molecule has 30 heavy (non-hydrogen) atoms. The van der Waals surface area contributed by atoms with Crippen molar-refractivity contribution in [3.63, 3.8) is 0 Å². The molecule has 0 atom stereocenters. The number of hydrogen-bond donors (Lipinski definition) is 1. The third-order valence-electron chi connectivity index (χ3n) is 4.33. The molecular formula is C21H22Cl2N4O2S. The molecule has 3 aromatic rings. The number of nitrogens with zero attached hydrogens (tertiary/aromatic N) is 3. The summed E-state index contributed by atoms with van der Waals surface area (Å²) in [5, 5.41) is 12.7. The molecule has 9 heteroatoms. The summed E-state index contributed by atoms with van der Waals surface area (Å²) in [6.45, 7) is 7.05. The van der Waals surface area contributed by atoms with E-state index in [2.05, 4.69) is 21.6 Å². The Morgan fingerprint density at radius 2 is 1.93 bits per heavy atom. The number of rotatable bonds is 8. The molecule has 2 aromatic carbocycles. The number of anilines is 1. The predicted octanol–water partition coefficient (Wildman–Crippen LogP) is 5.53. The van der Waals surface area contributed by atoms with Crippen LogP contribution < -0.4 is 10.1 Å². The highest BCUT2D eigenvalue weighted by Crippen LogP contribution is 2.26. The Balaban J connectivity index is 1.59. The fraction of sp³-hybridized carbons (Fsp3) is 0.286. The van der Waals surface area contributed by atoms with Crippen molar-refractivity contribution >= 4 is 46.6 Å². The molecule has 0 saturated heterocycles. The van der Waals surface area contributed by atoms with Crippen LogP contribution in [0.4, 0.5) is 5.69 Å². The smallest absolute Gasteiger partial charge is 0.234 e. The van der Waals surface area contributed by atoms with Crippen molar-refractivity contribution in [2.75, 3.05) is 11.1 Å². The van der Waals surface area contributed by atoms with E-state index in [1.807, 2.05) is 37.5 Å². The molecule has 0 aliphatic carbocycles. The van der Waals surface area contributed by atoms with Gasteiger partial charge in [0, 0.05) is 12.2 Å². The molecule has 158 valence electrons. The lowest BCUT2D eigenvalue weighted by molar-refractivity contribution is -0.113. The minimum Gasteiger partial charge on any atom is -0.485 e. The highest BCUT2D eigenvalue weighted by atomic mass is 35.5. The van der Waals surface area contributed by atoms with Crippen LogP contribution in [0.2, 0.25) is 10.0 Å². The first-order chi connectivity index (χ1) is 14.4. The molecule has 0 bridgehead atoms. The quantitative estimate of drug-likeness (QED) is 0.443. The number of carbonyl (C=O) groups is 1. The van der Waals surface area contributed by atoms with Gasteiger partial charge in [-0.15, -0.1) is 10.2 Å². The van der Waals surface area contributed by atoms with Crippen molar-refractivity contribution in [2.24, 2.45) is 0 Å². The van der Waals surface area contributed by atoms with Gasteiger partial charge in [0.15, 0.2) is 11.0 Å². The van der Waals surface area contributed by atoms with Gasteiger partial charge in [-0.1, -0.05) is 52.7 Å². The summed E-state index contributed by atoms with van der Waals surface area (Å²) >= 11 is 13.2. The Bertz CT molecular complexity index is 1060. The van der Waals surface area contributed by atoms with Crippen LogP contribution in [-0.2, 0) is 17.9 Å². The second-order valence-electron chi connectivity index (χ2n) is 6.67. The van der Waals surface area contributed by atoms with Crippen LogP contribution >= 0.6 is 35.0 Å². The maximum atomic E-state index is 12.3. The maximum absolute atomic E-state index is 12.3. The van der Waals surface area contributed by atoms with Crippen molar-refractivity contribution < 1.29 is 9.53 Å². The first-order valence-corrected chi connectivity index (χ1v) is 11.1. The molecule has 6 nitrogen and oxygen atoms in total. The van der Waals surface area contributed by atoms with Gasteiger partial charge in [-0.3, -0.25) is 4.79 Å². The normalized spacial score (nSPS) is 10.8. The zero-order valence-corrected chi connectivity index (χ0v) is 19.2. The van der Waals surface area contributed by atoms with Crippen LogP contribution in [0.25, 0.3) is 0 Å². The summed E-state index contributed by atoms with van der Waals surface area (Å²) in [4.78, 5) is 12.3. The molecular weight excluding hydrogens is 443 g/mol. The van der Waals surface area contributed by atoms with Crippen LogP contribution in [-0.4, -0.2) is 26.4 Å². The van der Waals surface area contributed by atoms with Crippen LogP contribution in [0.1, 0.15) is 23.9 Å².